The van der Waals surface area contributed by atoms with Gasteiger partial charge in [-0.3, -0.25) is 24.5 Å². The highest BCUT2D eigenvalue weighted by Gasteiger charge is 2.45. The quantitative estimate of drug-likeness (QED) is 0.160. The zero-order valence-electron chi connectivity index (χ0n) is 30.1. The minimum Gasteiger partial charge on any atom is -0.457 e. The number of amides is 2. The van der Waals surface area contributed by atoms with Crippen molar-refractivity contribution in [1.29, 1.82) is 0 Å². The van der Waals surface area contributed by atoms with E-state index in [1.165, 1.54) is 17.8 Å². The normalized spacial score (nSPS) is 17.4. The van der Waals surface area contributed by atoms with E-state index in [2.05, 4.69) is 32.7 Å². The van der Waals surface area contributed by atoms with Crippen LogP contribution in [0.2, 0.25) is 0 Å². The van der Waals surface area contributed by atoms with Crippen LogP contribution in [0.5, 0.6) is 11.5 Å². The number of hydrazine groups is 1. The Kier molecular flexibility index (Phi) is 9.27. The molecule has 1 atom stereocenters. The summed E-state index contributed by atoms with van der Waals surface area (Å²) in [4.78, 5) is 35.6. The lowest BCUT2D eigenvalue weighted by atomic mass is 9.72. The van der Waals surface area contributed by atoms with Crippen LogP contribution >= 0.6 is 0 Å². The molecule has 278 valence electrons. The van der Waals surface area contributed by atoms with Gasteiger partial charge in [0, 0.05) is 62.0 Å². The van der Waals surface area contributed by atoms with Crippen LogP contribution in [0.3, 0.4) is 0 Å². The fourth-order valence-electron chi connectivity index (χ4n) is 7.99. The van der Waals surface area contributed by atoms with Crippen molar-refractivity contribution in [3.63, 3.8) is 0 Å². The Hall–Kier alpha value is -5.46. The highest BCUT2D eigenvalue weighted by molar-refractivity contribution is 6.00. The van der Waals surface area contributed by atoms with E-state index < -0.39 is 11.7 Å². The number of nitrogens with zero attached hydrogens (tertiary/aromatic N) is 4. The van der Waals surface area contributed by atoms with E-state index in [9.17, 15) is 22.8 Å². The maximum atomic E-state index is 13.4. The first kappa shape index (κ1) is 35.6. The van der Waals surface area contributed by atoms with Gasteiger partial charge in [-0.25, -0.2) is 5.43 Å². The Bertz CT molecular complexity index is 2210. The number of anilines is 1. The first-order valence-electron chi connectivity index (χ1n) is 18.2. The summed E-state index contributed by atoms with van der Waals surface area (Å²) in [6.45, 7) is 7.33. The van der Waals surface area contributed by atoms with Crippen molar-refractivity contribution in [3.8, 4) is 11.5 Å². The minimum atomic E-state index is -4.42. The molecule has 0 aliphatic carbocycles. The van der Waals surface area contributed by atoms with E-state index in [1.807, 2.05) is 37.3 Å². The number of rotatable bonds is 9. The Labute approximate surface area is 311 Å². The molecule has 4 heterocycles. The standard InChI is InChI=1S/C42H41F3N6O3/c1-27(47-39(52)29-9-15-35-28(21-29)5-3-8-38(35)54-34-13-10-31(11-14-34)42(43,44)45)37-7-4-6-32(48-37)24-49-25-41(26-49)17-19-50(20-18-41)33-12-16-36-30(22-33)23-51(46-2)40(36)53/h3-16,21-22,27,46H,17-20,23-26H2,1-2H3,(H,47,52). The number of carbonyl (C=O) groups excluding carboxylic acids is 2. The Morgan fingerprint density at radius 1 is 0.944 bits per heavy atom. The number of aromatic nitrogens is 1. The molecule has 3 aliphatic rings. The molecule has 2 amide bonds. The number of carbonyl (C=O) groups is 2. The highest BCUT2D eigenvalue weighted by Crippen LogP contribution is 2.42. The van der Waals surface area contributed by atoms with Gasteiger partial charge in [0.05, 0.1) is 29.5 Å². The van der Waals surface area contributed by atoms with E-state index >= 15 is 0 Å². The zero-order valence-corrected chi connectivity index (χ0v) is 30.1. The molecule has 2 saturated heterocycles. The van der Waals surface area contributed by atoms with Crippen LogP contribution in [0, 0.1) is 5.41 Å². The van der Waals surface area contributed by atoms with Gasteiger partial charge in [-0.1, -0.05) is 18.2 Å². The summed E-state index contributed by atoms with van der Waals surface area (Å²) in [5.41, 5.74) is 7.81. The van der Waals surface area contributed by atoms with Crippen molar-refractivity contribution in [2.75, 3.05) is 38.1 Å². The monoisotopic (exact) mass is 734 g/mol. The molecule has 2 N–H and O–H groups in total. The number of pyridine rings is 1. The smallest absolute Gasteiger partial charge is 0.416 e. The molecular weight excluding hydrogens is 693 g/mol. The topological polar surface area (TPSA) is 90.0 Å². The average Bonchev–Trinajstić information content (AvgIpc) is 3.48. The summed E-state index contributed by atoms with van der Waals surface area (Å²) in [5, 5.41) is 6.21. The first-order valence-corrected chi connectivity index (χ1v) is 18.2. The molecular formula is C42H41F3N6O3. The van der Waals surface area contributed by atoms with E-state index in [4.69, 9.17) is 9.72 Å². The summed E-state index contributed by atoms with van der Waals surface area (Å²) >= 11 is 0. The van der Waals surface area contributed by atoms with Crippen LogP contribution in [0.15, 0.2) is 97.1 Å². The van der Waals surface area contributed by atoms with Crippen LogP contribution in [-0.4, -0.2) is 59.9 Å². The number of hydrogen-bond acceptors (Lipinski definition) is 7. The maximum Gasteiger partial charge on any atom is 0.416 e. The number of nitrogens with one attached hydrogen (secondary N) is 2. The van der Waals surface area contributed by atoms with Crippen molar-refractivity contribution < 1.29 is 27.5 Å². The lowest BCUT2D eigenvalue weighted by Gasteiger charge is -2.54. The highest BCUT2D eigenvalue weighted by atomic mass is 19.4. The van der Waals surface area contributed by atoms with Crippen LogP contribution in [0.25, 0.3) is 10.8 Å². The third kappa shape index (κ3) is 7.11. The molecule has 3 aliphatic heterocycles. The largest absolute Gasteiger partial charge is 0.457 e. The fraction of sp³-hybridized carbons (Fsp3) is 0.310. The Morgan fingerprint density at radius 3 is 2.44 bits per heavy atom. The number of fused-ring (bicyclic) bond motifs is 2. The number of benzene rings is 4. The SMILES string of the molecule is CNN1Cc2cc(N3CCC4(CC3)CN(Cc3cccc(C(C)NC(=O)c5ccc6c(Oc7ccc(C(F)(F)F)cc7)cccc6c5)n3)C4)ccc2C1=O. The third-order valence-electron chi connectivity index (χ3n) is 11.0. The molecule has 0 saturated carbocycles. The molecule has 1 unspecified atom stereocenters. The number of piperidine rings is 1. The van der Waals surface area contributed by atoms with Crippen molar-refractivity contribution >= 4 is 28.3 Å². The van der Waals surface area contributed by atoms with Crippen molar-refractivity contribution in [2.45, 2.75) is 45.1 Å². The van der Waals surface area contributed by atoms with Crippen LogP contribution in [-0.2, 0) is 19.3 Å². The number of halogens is 3. The molecule has 0 radical (unpaired) electrons. The van der Waals surface area contributed by atoms with Gasteiger partial charge in [-0.2, -0.15) is 13.2 Å². The number of hydrogen-bond donors (Lipinski definition) is 2. The minimum absolute atomic E-state index is 0.0272. The van der Waals surface area contributed by atoms with Crippen molar-refractivity contribution in [1.82, 2.24) is 25.6 Å². The Balaban J connectivity index is 0.842. The molecule has 5 aromatic rings. The second-order valence-electron chi connectivity index (χ2n) is 14.7. The lowest BCUT2D eigenvalue weighted by molar-refractivity contribution is -0.137. The van der Waals surface area contributed by atoms with E-state index in [0.29, 0.717) is 23.3 Å². The van der Waals surface area contributed by atoms with Gasteiger partial charge in [-0.05, 0) is 115 Å². The molecule has 4 aromatic carbocycles. The molecule has 54 heavy (non-hydrogen) atoms. The van der Waals surface area contributed by atoms with E-state index in [-0.39, 0.29) is 23.6 Å². The van der Waals surface area contributed by atoms with Gasteiger partial charge >= 0.3 is 6.18 Å². The molecule has 0 bridgehead atoms. The van der Waals surface area contributed by atoms with Gasteiger partial charge in [0.25, 0.3) is 11.8 Å². The van der Waals surface area contributed by atoms with Crippen LogP contribution in [0.1, 0.15) is 69.0 Å². The number of ether oxygens (including phenoxy) is 1. The average molecular weight is 735 g/mol. The van der Waals surface area contributed by atoms with Gasteiger partial charge in [-0.15, -0.1) is 0 Å². The predicted octanol–water partition coefficient (Wildman–Crippen LogP) is 7.73. The zero-order chi connectivity index (χ0) is 37.6. The molecule has 9 nitrogen and oxygen atoms in total. The number of likely N-dealkylation sites (tertiary alicyclic amines) is 1. The summed E-state index contributed by atoms with van der Waals surface area (Å²) in [6.07, 6.45) is -2.17. The lowest BCUT2D eigenvalue weighted by Crippen LogP contribution is -2.59. The molecule has 1 spiro atoms. The number of alkyl halides is 3. The predicted molar refractivity (Wildman–Crippen MR) is 200 cm³/mol. The van der Waals surface area contributed by atoms with Crippen molar-refractivity contribution in [2.24, 2.45) is 5.41 Å². The van der Waals surface area contributed by atoms with Crippen LogP contribution < -0.4 is 20.4 Å². The molecule has 8 rings (SSSR count). The van der Waals surface area contributed by atoms with Gasteiger partial charge in [0.1, 0.15) is 11.5 Å². The third-order valence-corrected chi connectivity index (χ3v) is 11.0. The van der Waals surface area contributed by atoms with Crippen molar-refractivity contribution in [3.05, 3.63) is 131 Å². The second-order valence-corrected chi connectivity index (χ2v) is 14.7. The van der Waals surface area contributed by atoms with Gasteiger partial charge < -0.3 is 15.0 Å². The summed E-state index contributed by atoms with van der Waals surface area (Å²) in [6, 6.07) is 27.0. The van der Waals surface area contributed by atoms with Crippen LogP contribution in [0.4, 0.5) is 18.9 Å². The summed E-state index contributed by atoms with van der Waals surface area (Å²) in [7, 11) is 1.77. The summed E-state index contributed by atoms with van der Waals surface area (Å²) in [5.74, 6) is 0.544. The second kappa shape index (κ2) is 14.1. The Morgan fingerprint density at radius 2 is 1.70 bits per heavy atom. The molecule has 12 heteroatoms. The fourth-order valence-corrected chi connectivity index (χ4v) is 7.99. The molecule has 1 aromatic heterocycles. The van der Waals surface area contributed by atoms with Gasteiger partial charge in [0.2, 0.25) is 0 Å². The van der Waals surface area contributed by atoms with Gasteiger partial charge in [0.15, 0.2) is 0 Å². The van der Waals surface area contributed by atoms with E-state index in [1.54, 1.807) is 42.4 Å². The summed E-state index contributed by atoms with van der Waals surface area (Å²) < 4.78 is 44.8. The molecule has 2 fully saturated rings. The maximum absolute atomic E-state index is 13.4. The first-order chi connectivity index (χ1) is 26.0. The van der Waals surface area contributed by atoms with E-state index in [0.717, 1.165) is 91.0 Å².